The molecule has 0 aliphatic heterocycles. The maximum absolute atomic E-state index is 12.2. The molecule has 0 saturated heterocycles. The Morgan fingerprint density at radius 3 is 2.55 bits per heavy atom. The maximum Gasteiger partial charge on any atom is 0.275 e. The second-order valence-corrected chi connectivity index (χ2v) is 5.21. The predicted octanol–water partition coefficient (Wildman–Crippen LogP) is 3.54. The minimum absolute atomic E-state index is 0.273. The zero-order chi connectivity index (χ0) is 16.1. The Balaban J connectivity index is 2.15. The van der Waals surface area contributed by atoms with E-state index in [1.807, 2.05) is 20.8 Å². The fourth-order valence-corrected chi connectivity index (χ4v) is 2.25. The van der Waals surface area contributed by atoms with Crippen molar-refractivity contribution < 1.29 is 4.79 Å². The minimum atomic E-state index is -0.302. The first kappa shape index (κ1) is 16.2. The van der Waals surface area contributed by atoms with E-state index >= 15 is 0 Å². The van der Waals surface area contributed by atoms with Gasteiger partial charge in [0, 0.05) is 23.8 Å². The molecule has 2 rings (SSSR count). The zero-order valence-corrected chi connectivity index (χ0v) is 13.7. The molecule has 0 aliphatic carbocycles. The summed E-state index contributed by atoms with van der Waals surface area (Å²) in [6.07, 6.45) is 3.11. The number of benzene rings is 1. The molecule has 1 aromatic carbocycles. The van der Waals surface area contributed by atoms with Gasteiger partial charge in [0.05, 0.1) is 12.4 Å². The normalized spacial score (nSPS) is 10.4. The van der Waals surface area contributed by atoms with Crippen molar-refractivity contribution in [1.82, 2.24) is 9.97 Å². The van der Waals surface area contributed by atoms with Crippen LogP contribution in [-0.4, -0.2) is 29.0 Å². The van der Waals surface area contributed by atoms with Crippen molar-refractivity contribution in [2.24, 2.45) is 0 Å². The zero-order valence-electron chi connectivity index (χ0n) is 12.9. The number of nitrogens with zero attached hydrogens (tertiary/aromatic N) is 3. The van der Waals surface area contributed by atoms with Crippen molar-refractivity contribution in [3.63, 3.8) is 0 Å². The highest BCUT2D eigenvalue weighted by Gasteiger charge is 2.12. The molecule has 0 radical (unpaired) electrons. The van der Waals surface area contributed by atoms with Gasteiger partial charge >= 0.3 is 0 Å². The van der Waals surface area contributed by atoms with Crippen molar-refractivity contribution in [3.05, 3.63) is 46.9 Å². The molecule has 5 nitrogen and oxygen atoms in total. The average Bonchev–Trinajstić information content (AvgIpc) is 2.53. The lowest BCUT2D eigenvalue weighted by Crippen LogP contribution is -2.23. The molecule has 1 aromatic heterocycles. The smallest absolute Gasteiger partial charge is 0.275 e. The van der Waals surface area contributed by atoms with Gasteiger partial charge in [0.1, 0.15) is 11.5 Å². The summed E-state index contributed by atoms with van der Waals surface area (Å²) in [4.78, 5) is 22.8. The van der Waals surface area contributed by atoms with E-state index in [0.717, 1.165) is 24.5 Å². The molecule has 116 valence electrons. The average molecular weight is 319 g/mol. The number of anilines is 2. The number of rotatable bonds is 5. The highest BCUT2D eigenvalue weighted by Crippen LogP contribution is 2.23. The van der Waals surface area contributed by atoms with Crippen molar-refractivity contribution in [2.75, 3.05) is 23.3 Å². The van der Waals surface area contributed by atoms with Crippen molar-refractivity contribution in [2.45, 2.75) is 20.8 Å². The Labute approximate surface area is 135 Å². The second kappa shape index (κ2) is 7.22. The largest absolute Gasteiger partial charge is 0.356 e. The van der Waals surface area contributed by atoms with Gasteiger partial charge < -0.3 is 10.2 Å². The first-order valence-electron chi connectivity index (χ1n) is 7.20. The van der Waals surface area contributed by atoms with Gasteiger partial charge in [0.25, 0.3) is 5.91 Å². The van der Waals surface area contributed by atoms with E-state index in [1.54, 1.807) is 24.4 Å². The molecule has 2 aromatic rings. The number of carbonyl (C=O) groups excluding carboxylic acids is 1. The summed E-state index contributed by atoms with van der Waals surface area (Å²) >= 11 is 6.05. The molecular formula is C16H19ClN4O. The number of hydrogen-bond acceptors (Lipinski definition) is 4. The van der Waals surface area contributed by atoms with Crippen molar-refractivity contribution in [1.29, 1.82) is 0 Å². The van der Waals surface area contributed by atoms with Crippen LogP contribution in [0, 0.1) is 6.92 Å². The highest BCUT2D eigenvalue weighted by molar-refractivity contribution is 6.31. The second-order valence-electron chi connectivity index (χ2n) is 4.80. The molecule has 0 atom stereocenters. The topological polar surface area (TPSA) is 58.1 Å². The third-order valence-corrected chi connectivity index (χ3v) is 3.88. The molecule has 0 spiro atoms. The van der Waals surface area contributed by atoms with Gasteiger partial charge in [-0.25, -0.2) is 9.97 Å². The van der Waals surface area contributed by atoms with Crippen molar-refractivity contribution >= 4 is 29.0 Å². The van der Waals surface area contributed by atoms with Crippen LogP contribution in [0.4, 0.5) is 11.5 Å². The summed E-state index contributed by atoms with van der Waals surface area (Å²) in [5, 5.41) is 3.42. The van der Waals surface area contributed by atoms with E-state index in [1.165, 1.54) is 6.20 Å². The van der Waals surface area contributed by atoms with E-state index in [2.05, 4.69) is 20.2 Å². The Hall–Kier alpha value is -2.14. The SMILES string of the molecule is CCN(CC)c1cnc(C(=O)Nc2cccc(Cl)c2C)cn1. The standard InChI is InChI=1S/C16H19ClN4O/c1-4-21(5-2)15-10-18-14(9-19-15)16(22)20-13-8-6-7-12(17)11(13)3/h6-10H,4-5H2,1-3H3,(H,20,22). The summed E-state index contributed by atoms with van der Waals surface area (Å²) in [6, 6.07) is 5.38. The molecular weight excluding hydrogens is 300 g/mol. The summed E-state index contributed by atoms with van der Waals surface area (Å²) in [5.41, 5.74) is 1.77. The first-order valence-corrected chi connectivity index (χ1v) is 7.58. The lowest BCUT2D eigenvalue weighted by Gasteiger charge is -2.19. The van der Waals surface area contributed by atoms with Gasteiger partial charge in [0.2, 0.25) is 0 Å². The fourth-order valence-electron chi connectivity index (χ4n) is 2.08. The van der Waals surface area contributed by atoms with Gasteiger partial charge in [0.15, 0.2) is 0 Å². The Morgan fingerprint density at radius 1 is 1.23 bits per heavy atom. The van der Waals surface area contributed by atoms with Crippen LogP contribution < -0.4 is 10.2 Å². The third kappa shape index (κ3) is 3.54. The Morgan fingerprint density at radius 2 is 1.95 bits per heavy atom. The van der Waals surface area contributed by atoms with Crippen LogP contribution in [0.5, 0.6) is 0 Å². The number of halogens is 1. The predicted molar refractivity (Wildman–Crippen MR) is 89.7 cm³/mol. The van der Waals surface area contributed by atoms with Crippen LogP contribution in [0.2, 0.25) is 5.02 Å². The lowest BCUT2D eigenvalue weighted by atomic mass is 10.2. The number of aromatic nitrogens is 2. The molecule has 0 saturated carbocycles. The minimum Gasteiger partial charge on any atom is -0.356 e. The molecule has 0 fully saturated rings. The number of hydrogen-bond donors (Lipinski definition) is 1. The van der Waals surface area contributed by atoms with Crippen LogP contribution in [0.3, 0.4) is 0 Å². The summed E-state index contributed by atoms with van der Waals surface area (Å²) in [5.74, 6) is 0.462. The first-order chi connectivity index (χ1) is 10.6. The van der Waals surface area contributed by atoms with Crippen LogP contribution in [0.15, 0.2) is 30.6 Å². The van der Waals surface area contributed by atoms with Gasteiger partial charge in [-0.1, -0.05) is 17.7 Å². The molecule has 0 bridgehead atoms. The molecule has 22 heavy (non-hydrogen) atoms. The van der Waals surface area contributed by atoms with E-state index in [0.29, 0.717) is 10.7 Å². The molecule has 0 unspecified atom stereocenters. The maximum atomic E-state index is 12.2. The molecule has 1 amide bonds. The van der Waals surface area contributed by atoms with E-state index < -0.39 is 0 Å². The highest BCUT2D eigenvalue weighted by atomic mass is 35.5. The Kier molecular flexibility index (Phi) is 5.33. The number of carbonyl (C=O) groups is 1. The molecule has 6 heteroatoms. The van der Waals surface area contributed by atoms with Crippen LogP contribution in [-0.2, 0) is 0 Å². The monoisotopic (exact) mass is 318 g/mol. The van der Waals surface area contributed by atoms with Gasteiger partial charge in [-0.3, -0.25) is 4.79 Å². The van der Waals surface area contributed by atoms with Crippen molar-refractivity contribution in [3.8, 4) is 0 Å². The van der Waals surface area contributed by atoms with Gasteiger partial charge in [-0.05, 0) is 38.5 Å². The molecule has 1 heterocycles. The van der Waals surface area contributed by atoms with Crippen LogP contribution in [0.1, 0.15) is 29.9 Å². The summed E-state index contributed by atoms with van der Waals surface area (Å²) < 4.78 is 0. The Bertz CT molecular complexity index is 654. The summed E-state index contributed by atoms with van der Waals surface area (Å²) in [7, 11) is 0. The number of nitrogens with one attached hydrogen (secondary N) is 1. The van der Waals surface area contributed by atoms with E-state index in [9.17, 15) is 4.79 Å². The van der Waals surface area contributed by atoms with Gasteiger partial charge in [-0.15, -0.1) is 0 Å². The number of amides is 1. The summed E-state index contributed by atoms with van der Waals surface area (Å²) in [6.45, 7) is 7.64. The lowest BCUT2D eigenvalue weighted by molar-refractivity contribution is 0.102. The third-order valence-electron chi connectivity index (χ3n) is 3.47. The quantitative estimate of drug-likeness (QED) is 0.916. The molecule has 0 aliphatic rings. The van der Waals surface area contributed by atoms with E-state index in [-0.39, 0.29) is 11.6 Å². The fraction of sp³-hybridized carbons (Fsp3) is 0.312. The van der Waals surface area contributed by atoms with E-state index in [4.69, 9.17) is 11.6 Å². The van der Waals surface area contributed by atoms with Crippen LogP contribution >= 0.6 is 11.6 Å². The molecule has 1 N–H and O–H groups in total. The van der Waals surface area contributed by atoms with Gasteiger partial charge in [-0.2, -0.15) is 0 Å². The van der Waals surface area contributed by atoms with Crippen LogP contribution in [0.25, 0.3) is 0 Å².